The molecule has 0 saturated carbocycles. The molecular weight excluding hydrogens is 150 g/mol. The van der Waals surface area contributed by atoms with Crippen LogP contribution in [0.2, 0.25) is 0 Å². The maximum atomic E-state index is 12.8. The molecule has 0 aliphatic carbocycles. The Morgan fingerprint density at radius 3 is 2.64 bits per heavy atom. The van der Waals surface area contributed by atoms with Crippen LogP contribution in [0.5, 0.6) is 0 Å². The van der Waals surface area contributed by atoms with Crippen LogP contribution in [0.25, 0.3) is 10.9 Å². The van der Waals surface area contributed by atoms with E-state index in [1.807, 2.05) is 0 Å². The number of nitrogens with zero attached hydrogens (tertiary/aromatic N) is 1. The molecular formula is C7H4F2N2. The van der Waals surface area contributed by atoms with Gasteiger partial charge in [0.25, 0.3) is 0 Å². The highest BCUT2D eigenvalue weighted by atomic mass is 19.1. The van der Waals surface area contributed by atoms with Gasteiger partial charge in [-0.25, -0.2) is 8.78 Å². The second-order valence-corrected chi connectivity index (χ2v) is 2.19. The summed E-state index contributed by atoms with van der Waals surface area (Å²) in [4.78, 5) is 0. The molecule has 0 atom stereocenters. The van der Waals surface area contributed by atoms with Gasteiger partial charge in [0.1, 0.15) is 17.2 Å². The molecule has 0 unspecified atom stereocenters. The quantitative estimate of drug-likeness (QED) is 0.616. The third kappa shape index (κ3) is 0.790. The highest BCUT2D eigenvalue weighted by Crippen LogP contribution is 2.17. The Balaban J connectivity index is 2.96. The zero-order valence-corrected chi connectivity index (χ0v) is 5.44. The first-order valence-electron chi connectivity index (χ1n) is 3.06. The molecule has 1 aromatic carbocycles. The SMILES string of the molecule is Fc1ccc(F)c2[nH]ncc12. The van der Waals surface area contributed by atoms with Crippen molar-refractivity contribution in [3.63, 3.8) is 0 Å². The van der Waals surface area contributed by atoms with Crippen LogP contribution in [0.15, 0.2) is 18.3 Å². The van der Waals surface area contributed by atoms with Gasteiger partial charge >= 0.3 is 0 Å². The Morgan fingerprint density at radius 1 is 1.18 bits per heavy atom. The Labute approximate surface area is 60.8 Å². The Bertz CT molecular complexity index is 358. The van der Waals surface area contributed by atoms with Crippen LogP contribution in [0, 0.1) is 11.6 Å². The highest BCUT2D eigenvalue weighted by Gasteiger charge is 2.05. The Kier molecular flexibility index (Phi) is 1.15. The first-order valence-corrected chi connectivity index (χ1v) is 3.06. The van der Waals surface area contributed by atoms with Gasteiger partial charge in [-0.05, 0) is 12.1 Å². The number of nitrogens with one attached hydrogen (secondary N) is 1. The van der Waals surface area contributed by atoms with Crippen LogP contribution in [0.4, 0.5) is 8.78 Å². The van der Waals surface area contributed by atoms with Crippen LogP contribution in [0.3, 0.4) is 0 Å². The number of hydrogen-bond donors (Lipinski definition) is 1. The Hall–Kier alpha value is -1.45. The number of rotatable bonds is 0. The molecule has 1 N–H and O–H groups in total. The van der Waals surface area contributed by atoms with Gasteiger partial charge in [0, 0.05) is 0 Å². The third-order valence-corrected chi connectivity index (χ3v) is 1.51. The molecule has 0 saturated heterocycles. The summed E-state index contributed by atoms with van der Waals surface area (Å²) in [6.07, 6.45) is 1.26. The molecule has 2 rings (SSSR count). The van der Waals surface area contributed by atoms with Gasteiger partial charge in [-0.1, -0.05) is 0 Å². The highest BCUT2D eigenvalue weighted by molar-refractivity contribution is 5.78. The lowest BCUT2D eigenvalue weighted by molar-refractivity contribution is 0.616. The molecule has 0 aliphatic heterocycles. The standard InChI is InChI=1S/C7H4F2N2/c8-5-1-2-6(9)7-4(5)3-10-11-7/h1-3H,(H,10,11). The average molecular weight is 154 g/mol. The normalized spacial score (nSPS) is 10.7. The smallest absolute Gasteiger partial charge is 0.149 e. The van der Waals surface area contributed by atoms with E-state index in [2.05, 4.69) is 10.2 Å². The summed E-state index contributed by atoms with van der Waals surface area (Å²) in [6, 6.07) is 2.14. The van der Waals surface area contributed by atoms with Crippen molar-refractivity contribution in [1.82, 2.24) is 10.2 Å². The van der Waals surface area contributed by atoms with Crippen LogP contribution >= 0.6 is 0 Å². The molecule has 0 bridgehead atoms. The maximum Gasteiger partial charge on any atom is 0.149 e. The van der Waals surface area contributed by atoms with Crippen molar-refractivity contribution in [1.29, 1.82) is 0 Å². The summed E-state index contributed by atoms with van der Waals surface area (Å²) in [5.41, 5.74) is 0.116. The van der Waals surface area contributed by atoms with E-state index in [0.717, 1.165) is 12.1 Å². The zero-order valence-electron chi connectivity index (χ0n) is 5.44. The molecule has 11 heavy (non-hydrogen) atoms. The summed E-state index contributed by atoms with van der Waals surface area (Å²) < 4.78 is 25.5. The van der Waals surface area contributed by atoms with Crippen molar-refractivity contribution in [2.75, 3.05) is 0 Å². The van der Waals surface area contributed by atoms with Gasteiger partial charge < -0.3 is 0 Å². The molecule has 1 heterocycles. The van der Waals surface area contributed by atoms with E-state index in [1.54, 1.807) is 0 Å². The van der Waals surface area contributed by atoms with Crippen LogP contribution in [-0.2, 0) is 0 Å². The minimum absolute atomic E-state index is 0.116. The molecule has 2 aromatic rings. The minimum Gasteiger partial charge on any atom is -0.275 e. The molecule has 0 amide bonds. The molecule has 4 heteroatoms. The van der Waals surface area contributed by atoms with Crippen LogP contribution in [-0.4, -0.2) is 10.2 Å². The van der Waals surface area contributed by atoms with Gasteiger partial charge in [0.05, 0.1) is 11.6 Å². The number of aromatic nitrogens is 2. The summed E-state index contributed by atoms with van der Waals surface area (Å²) in [6.45, 7) is 0. The van der Waals surface area contributed by atoms with Crippen molar-refractivity contribution in [3.8, 4) is 0 Å². The van der Waals surface area contributed by atoms with Gasteiger partial charge in [-0.3, -0.25) is 5.10 Å². The second kappa shape index (κ2) is 2.02. The molecule has 2 nitrogen and oxygen atoms in total. The Morgan fingerprint density at radius 2 is 1.91 bits per heavy atom. The van der Waals surface area contributed by atoms with Crippen LogP contribution in [0.1, 0.15) is 0 Å². The van der Waals surface area contributed by atoms with E-state index >= 15 is 0 Å². The lowest BCUT2D eigenvalue weighted by Gasteiger charge is -1.91. The zero-order chi connectivity index (χ0) is 7.84. The monoisotopic (exact) mass is 154 g/mol. The molecule has 0 radical (unpaired) electrons. The number of aromatic amines is 1. The first-order chi connectivity index (χ1) is 5.29. The number of benzene rings is 1. The van der Waals surface area contributed by atoms with Gasteiger partial charge in [-0.2, -0.15) is 5.10 Å². The summed E-state index contributed by atoms with van der Waals surface area (Å²) in [7, 11) is 0. The maximum absolute atomic E-state index is 12.8. The van der Waals surface area contributed by atoms with E-state index in [0.29, 0.717) is 0 Å². The van der Waals surface area contributed by atoms with Crippen molar-refractivity contribution in [2.45, 2.75) is 0 Å². The molecule has 1 aromatic heterocycles. The largest absolute Gasteiger partial charge is 0.275 e. The van der Waals surface area contributed by atoms with Crippen LogP contribution < -0.4 is 0 Å². The van der Waals surface area contributed by atoms with E-state index in [9.17, 15) is 8.78 Å². The van der Waals surface area contributed by atoms with Gasteiger partial charge in [0.15, 0.2) is 0 Å². The average Bonchev–Trinajstić information content (AvgIpc) is 2.45. The fraction of sp³-hybridized carbons (Fsp3) is 0. The predicted molar refractivity (Wildman–Crippen MR) is 36.0 cm³/mol. The van der Waals surface area contributed by atoms with E-state index in [1.165, 1.54) is 6.20 Å². The fourth-order valence-corrected chi connectivity index (χ4v) is 0.969. The van der Waals surface area contributed by atoms with Gasteiger partial charge in [-0.15, -0.1) is 0 Å². The summed E-state index contributed by atoms with van der Waals surface area (Å²) >= 11 is 0. The number of hydrogen-bond acceptors (Lipinski definition) is 1. The molecule has 0 spiro atoms. The molecule has 0 aliphatic rings. The third-order valence-electron chi connectivity index (χ3n) is 1.51. The van der Waals surface area contributed by atoms with E-state index in [-0.39, 0.29) is 10.9 Å². The fourth-order valence-electron chi connectivity index (χ4n) is 0.969. The van der Waals surface area contributed by atoms with Gasteiger partial charge in [0.2, 0.25) is 0 Å². The topological polar surface area (TPSA) is 28.7 Å². The van der Waals surface area contributed by atoms with Crippen molar-refractivity contribution >= 4 is 10.9 Å². The van der Waals surface area contributed by atoms with Crippen molar-refractivity contribution in [3.05, 3.63) is 30.0 Å². The van der Waals surface area contributed by atoms with E-state index < -0.39 is 11.6 Å². The predicted octanol–water partition coefficient (Wildman–Crippen LogP) is 1.84. The number of halogens is 2. The lowest BCUT2D eigenvalue weighted by Crippen LogP contribution is -1.80. The van der Waals surface area contributed by atoms with Crippen molar-refractivity contribution in [2.24, 2.45) is 0 Å². The molecule has 0 fully saturated rings. The summed E-state index contributed by atoms with van der Waals surface area (Å²) in [5, 5.41) is 6.07. The van der Waals surface area contributed by atoms with E-state index in [4.69, 9.17) is 0 Å². The molecule has 56 valence electrons. The summed E-state index contributed by atoms with van der Waals surface area (Å²) in [5.74, 6) is -0.950. The lowest BCUT2D eigenvalue weighted by atomic mass is 10.2. The second-order valence-electron chi connectivity index (χ2n) is 2.19. The number of H-pyrrole nitrogens is 1. The first kappa shape index (κ1) is 6.27. The minimum atomic E-state index is -0.487. The number of fused-ring (bicyclic) bond motifs is 1. The van der Waals surface area contributed by atoms with Crippen molar-refractivity contribution < 1.29 is 8.78 Å².